The number of hydrogen-bond acceptors (Lipinski definition) is 2. The average molecular weight is 280 g/mol. The van der Waals surface area contributed by atoms with E-state index >= 15 is 0 Å². The second-order valence-electron chi connectivity index (χ2n) is 4.90. The van der Waals surface area contributed by atoms with Crippen molar-refractivity contribution in [2.75, 3.05) is 0 Å². The lowest BCUT2D eigenvalue weighted by molar-refractivity contribution is 0.120. The standard InChI is InChI=1S/C17H16N2O2/c1-13-12-16(20)19(15-10-6-3-7-11-15)18(13)17(21)14-8-4-2-5-9-14/h2-12,17,21H,1H3/t17-/m0/s1. The first-order chi connectivity index (χ1) is 10.2. The molecule has 4 nitrogen and oxygen atoms in total. The monoisotopic (exact) mass is 280 g/mol. The van der Waals surface area contributed by atoms with Gasteiger partial charge in [-0.05, 0) is 19.1 Å². The first kappa shape index (κ1) is 13.4. The first-order valence-electron chi connectivity index (χ1n) is 6.78. The molecule has 0 spiro atoms. The maximum absolute atomic E-state index is 12.2. The molecule has 0 bridgehead atoms. The fourth-order valence-electron chi connectivity index (χ4n) is 2.46. The molecule has 0 unspecified atom stereocenters. The van der Waals surface area contributed by atoms with Crippen molar-refractivity contribution >= 4 is 0 Å². The van der Waals surface area contributed by atoms with E-state index in [1.54, 1.807) is 4.68 Å². The van der Waals surface area contributed by atoms with E-state index in [9.17, 15) is 9.90 Å². The summed E-state index contributed by atoms with van der Waals surface area (Å²) in [5.74, 6) is 0. The zero-order chi connectivity index (χ0) is 14.8. The Hall–Kier alpha value is -2.59. The van der Waals surface area contributed by atoms with E-state index < -0.39 is 6.23 Å². The molecule has 0 fully saturated rings. The first-order valence-corrected chi connectivity index (χ1v) is 6.78. The second kappa shape index (κ2) is 5.42. The van der Waals surface area contributed by atoms with Crippen molar-refractivity contribution in [1.82, 2.24) is 9.36 Å². The number of para-hydroxylation sites is 1. The summed E-state index contributed by atoms with van der Waals surface area (Å²) in [5, 5.41) is 10.6. The molecule has 0 saturated heterocycles. The van der Waals surface area contributed by atoms with Crippen LogP contribution in [0.5, 0.6) is 0 Å². The van der Waals surface area contributed by atoms with Crippen LogP contribution in [0.3, 0.4) is 0 Å². The Morgan fingerprint density at radius 2 is 1.52 bits per heavy atom. The van der Waals surface area contributed by atoms with Crippen LogP contribution >= 0.6 is 0 Å². The highest BCUT2D eigenvalue weighted by Crippen LogP contribution is 2.18. The fourth-order valence-corrected chi connectivity index (χ4v) is 2.46. The summed E-state index contributed by atoms with van der Waals surface area (Å²) in [7, 11) is 0. The molecule has 2 aromatic carbocycles. The highest BCUT2D eigenvalue weighted by Gasteiger charge is 2.17. The van der Waals surface area contributed by atoms with Gasteiger partial charge in [0.25, 0.3) is 5.56 Å². The van der Waals surface area contributed by atoms with Crippen molar-refractivity contribution in [3.05, 3.63) is 88.3 Å². The molecule has 1 N–H and O–H groups in total. The van der Waals surface area contributed by atoms with Gasteiger partial charge in [-0.3, -0.25) is 4.79 Å². The number of aliphatic hydroxyl groups is 1. The van der Waals surface area contributed by atoms with E-state index in [-0.39, 0.29) is 5.56 Å². The van der Waals surface area contributed by atoms with Gasteiger partial charge >= 0.3 is 0 Å². The molecule has 1 atom stereocenters. The summed E-state index contributed by atoms with van der Waals surface area (Å²) in [6.07, 6.45) is -0.908. The Balaban J connectivity index is 2.18. The molecule has 1 aromatic heterocycles. The normalized spacial score (nSPS) is 12.3. The van der Waals surface area contributed by atoms with E-state index in [4.69, 9.17) is 0 Å². The van der Waals surface area contributed by atoms with Crippen LogP contribution in [0.15, 0.2) is 71.5 Å². The third-order valence-corrected chi connectivity index (χ3v) is 3.45. The van der Waals surface area contributed by atoms with Gasteiger partial charge in [-0.15, -0.1) is 0 Å². The molecule has 1 heterocycles. The largest absolute Gasteiger partial charge is 0.368 e. The SMILES string of the molecule is Cc1cc(=O)n(-c2ccccc2)n1[C@@H](O)c1ccccc1. The molecular weight excluding hydrogens is 264 g/mol. The summed E-state index contributed by atoms with van der Waals surface area (Å²) < 4.78 is 3.10. The van der Waals surface area contributed by atoms with Crippen LogP contribution in [0.4, 0.5) is 0 Å². The van der Waals surface area contributed by atoms with E-state index in [0.29, 0.717) is 5.69 Å². The zero-order valence-corrected chi connectivity index (χ0v) is 11.7. The number of aryl methyl sites for hydroxylation is 1. The summed E-state index contributed by atoms with van der Waals surface area (Å²) in [5.41, 5.74) is 2.01. The number of nitrogens with zero attached hydrogens (tertiary/aromatic N) is 2. The molecule has 0 aliphatic heterocycles. The predicted molar refractivity (Wildman–Crippen MR) is 81.6 cm³/mol. The molecule has 21 heavy (non-hydrogen) atoms. The van der Waals surface area contributed by atoms with Crippen LogP contribution in [0.2, 0.25) is 0 Å². The number of rotatable bonds is 3. The number of benzene rings is 2. The second-order valence-corrected chi connectivity index (χ2v) is 4.90. The van der Waals surface area contributed by atoms with E-state index in [1.165, 1.54) is 10.7 Å². The van der Waals surface area contributed by atoms with Crippen molar-refractivity contribution in [3.8, 4) is 5.69 Å². The quantitative estimate of drug-likeness (QED) is 0.801. The van der Waals surface area contributed by atoms with Gasteiger partial charge in [-0.25, -0.2) is 9.36 Å². The molecule has 106 valence electrons. The third kappa shape index (κ3) is 2.41. The Kier molecular flexibility index (Phi) is 3.46. The van der Waals surface area contributed by atoms with Crippen LogP contribution in [0, 0.1) is 6.92 Å². The predicted octanol–water partition coefficient (Wildman–Crippen LogP) is 2.49. The summed E-state index contributed by atoms with van der Waals surface area (Å²) in [4.78, 5) is 12.2. The minimum Gasteiger partial charge on any atom is -0.368 e. The highest BCUT2D eigenvalue weighted by molar-refractivity contribution is 5.32. The highest BCUT2D eigenvalue weighted by atomic mass is 16.3. The Labute approximate surface area is 122 Å². The van der Waals surface area contributed by atoms with Crippen molar-refractivity contribution in [3.63, 3.8) is 0 Å². The van der Waals surface area contributed by atoms with Crippen LogP contribution in [-0.4, -0.2) is 14.5 Å². The van der Waals surface area contributed by atoms with E-state index in [1.807, 2.05) is 67.6 Å². The fraction of sp³-hybridized carbons (Fsp3) is 0.118. The number of aliphatic hydroxyl groups excluding tert-OH is 1. The molecule has 3 aromatic rings. The molecule has 0 aliphatic carbocycles. The molecule has 4 heteroatoms. The lowest BCUT2D eigenvalue weighted by Crippen LogP contribution is -2.25. The van der Waals surface area contributed by atoms with Crippen molar-refractivity contribution in [2.45, 2.75) is 13.2 Å². The topological polar surface area (TPSA) is 47.2 Å². The van der Waals surface area contributed by atoms with Crippen molar-refractivity contribution in [2.24, 2.45) is 0 Å². The summed E-state index contributed by atoms with van der Waals surface area (Å²) in [6.45, 7) is 1.81. The average Bonchev–Trinajstić information content (AvgIpc) is 2.82. The Bertz CT molecular complexity index is 789. The van der Waals surface area contributed by atoms with Crippen LogP contribution < -0.4 is 5.56 Å². The lowest BCUT2D eigenvalue weighted by Gasteiger charge is -2.19. The molecule has 0 amide bonds. The summed E-state index contributed by atoms with van der Waals surface area (Å²) >= 11 is 0. The Morgan fingerprint density at radius 1 is 0.952 bits per heavy atom. The number of aromatic nitrogens is 2. The van der Waals surface area contributed by atoms with E-state index in [2.05, 4.69) is 0 Å². The minimum atomic E-state index is -0.908. The molecule has 0 radical (unpaired) electrons. The van der Waals surface area contributed by atoms with Gasteiger partial charge in [0.2, 0.25) is 0 Å². The van der Waals surface area contributed by atoms with Gasteiger partial charge < -0.3 is 5.11 Å². The lowest BCUT2D eigenvalue weighted by atomic mass is 10.2. The molecule has 0 aliphatic rings. The van der Waals surface area contributed by atoms with Crippen LogP contribution in [0.25, 0.3) is 5.69 Å². The maximum atomic E-state index is 12.2. The van der Waals surface area contributed by atoms with Crippen LogP contribution in [0.1, 0.15) is 17.5 Å². The smallest absolute Gasteiger partial charge is 0.271 e. The summed E-state index contributed by atoms with van der Waals surface area (Å²) in [6, 6.07) is 20.1. The van der Waals surface area contributed by atoms with Gasteiger partial charge in [0.05, 0.1) is 5.69 Å². The Morgan fingerprint density at radius 3 is 2.14 bits per heavy atom. The van der Waals surface area contributed by atoms with Gasteiger partial charge in [0.15, 0.2) is 6.23 Å². The van der Waals surface area contributed by atoms with Crippen molar-refractivity contribution < 1.29 is 5.11 Å². The van der Waals surface area contributed by atoms with Gasteiger partial charge in [-0.2, -0.15) is 0 Å². The number of hydrogen-bond donors (Lipinski definition) is 1. The van der Waals surface area contributed by atoms with Crippen molar-refractivity contribution in [1.29, 1.82) is 0 Å². The van der Waals surface area contributed by atoms with Gasteiger partial charge in [0.1, 0.15) is 0 Å². The van der Waals surface area contributed by atoms with Crippen LogP contribution in [-0.2, 0) is 0 Å². The zero-order valence-electron chi connectivity index (χ0n) is 11.7. The molecule has 3 rings (SSSR count). The maximum Gasteiger partial charge on any atom is 0.271 e. The van der Waals surface area contributed by atoms with E-state index in [0.717, 1.165) is 11.3 Å². The minimum absolute atomic E-state index is 0.159. The molecular formula is C17H16N2O2. The molecule has 0 saturated carbocycles. The van der Waals surface area contributed by atoms with Gasteiger partial charge in [-0.1, -0.05) is 48.5 Å². The third-order valence-electron chi connectivity index (χ3n) is 3.45. The van der Waals surface area contributed by atoms with Gasteiger partial charge in [0, 0.05) is 17.3 Å².